The average molecular weight is 262 g/mol. The van der Waals surface area contributed by atoms with Crippen LogP contribution in [0.15, 0.2) is 6.20 Å². The summed E-state index contributed by atoms with van der Waals surface area (Å²) in [4.78, 5) is 16.5. The second-order valence-corrected chi connectivity index (χ2v) is 5.26. The van der Waals surface area contributed by atoms with Crippen LogP contribution in [0.2, 0.25) is 0 Å². The summed E-state index contributed by atoms with van der Waals surface area (Å²) in [5.41, 5.74) is 2.83. The minimum atomic E-state index is 0.251. The van der Waals surface area contributed by atoms with E-state index in [2.05, 4.69) is 10.3 Å². The lowest BCUT2D eigenvalue weighted by molar-refractivity contribution is -0.118. The number of Topliss-reactive ketones (excluding diaryl/α,β-unsaturated/α-hetero) is 1. The molecule has 1 saturated heterocycles. The molecular weight excluding hydrogens is 240 g/mol. The Labute approximate surface area is 114 Å². The van der Waals surface area contributed by atoms with Crippen LogP contribution >= 0.6 is 0 Å². The van der Waals surface area contributed by atoms with Crippen molar-refractivity contribution in [3.8, 4) is 5.75 Å². The predicted molar refractivity (Wildman–Crippen MR) is 74.6 cm³/mol. The number of methoxy groups -OCH3 is 1. The standard InChI is InChI=1S/C15H22N2O2/c1-10-9-17-14(11(2)15(10)19-3)8-13(18)7-12-5-4-6-16-12/h9,12,16H,4-8H2,1-3H3. The van der Waals surface area contributed by atoms with Gasteiger partial charge in [0, 0.05) is 36.2 Å². The highest BCUT2D eigenvalue weighted by molar-refractivity contribution is 5.81. The van der Waals surface area contributed by atoms with E-state index in [1.54, 1.807) is 13.3 Å². The van der Waals surface area contributed by atoms with Crippen LogP contribution in [-0.4, -0.2) is 30.5 Å². The van der Waals surface area contributed by atoms with Crippen molar-refractivity contribution in [2.75, 3.05) is 13.7 Å². The molecule has 1 N–H and O–H groups in total. The summed E-state index contributed by atoms with van der Waals surface area (Å²) >= 11 is 0. The van der Waals surface area contributed by atoms with E-state index in [0.29, 0.717) is 18.9 Å². The topological polar surface area (TPSA) is 51.2 Å². The lowest BCUT2D eigenvalue weighted by atomic mass is 10.0. The number of ketones is 1. The van der Waals surface area contributed by atoms with Crippen LogP contribution in [0.1, 0.15) is 36.1 Å². The lowest BCUT2D eigenvalue weighted by Gasteiger charge is -2.13. The van der Waals surface area contributed by atoms with Gasteiger partial charge in [-0.05, 0) is 33.2 Å². The van der Waals surface area contributed by atoms with Gasteiger partial charge in [0.15, 0.2) is 0 Å². The first-order chi connectivity index (χ1) is 9.11. The van der Waals surface area contributed by atoms with E-state index in [-0.39, 0.29) is 5.78 Å². The molecular formula is C15H22N2O2. The number of aromatic nitrogens is 1. The van der Waals surface area contributed by atoms with Crippen molar-refractivity contribution in [3.05, 3.63) is 23.0 Å². The average Bonchev–Trinajstić information content (AvgIpc) is 2.86. The van der Waals surface area contributed by atoms with Crippen LogP contribution < -0.4 is 10.1 Å². The summed E-state index contributed by atoms with van der Waals surface area (Å²) in [6.07, 6.45) is 5.07. The summed E-state index contributed by atoms with van der Waals surface area (Å²) in [7, 11) is 1.66. The molecule has 0 bridgehead atoms. The molecule has 2 heterocycles. The molecule has 4 heteroatoms. The molecule has 19 heavy (non-hydrogen) atoms. The van der Waals surface area contributed by atoms with Gasteiger partial charge in [0.25, 0.3) is 0 Å². The largest absolute Gasteiger partial charge is 0.496 e. The summed E-state index contributed by atoms with van der Waals surface area (Å²) in [5, 5.41) is 3.35. The van der Waals surface area contributed by atoms with Gasteiger partial charge in [0.2, 0.25) is 0 Å². The molecule has 1 aliphatic rings. The predicted octanol–water partition coefficient (Wildman–Crippen LogP) is 1.96. The minimum Gasteiger partial charge on any atom is -0.496 e. The smallest absolute Gasteiger partial charge is 0.140 e. The number of carbonyl (C=O) groups excluding carboxylic acids is 1. The van der Waals surface area contributed by atoms with E-state index in [4.69, 9.17) is 4.74 Å². The van der Waals surface area contributed by atoms with E-state index in [9.17, 15) is 4.79 Å². The normalized spacial score (nSPS) is 18.6. The number of aryl methyl sites for hydroxylation is 1. The molecule has 1 aliphatic heterocycles. The van der Waals surface area contributed by atoms with Crippen molar-refractivity contribution in [2.24, 2.45) is 0 Å². The van der Waals surface area contributed by atoms with Gasteiger partial charge in [-0.25, -0.2) is 0 Å². The van der Waals surface area contributed by atoms with Crippen molar-refractivity contribution in [1.82, 2.24) is 10.3 Å². The van der Waals surface area contributed by atoms with Gasteiger partial charge in [-0.15, -0.1) is 0 Å². The van der Waals surface area contributed by atoms with Gasteiger partial charge in [-0.2, -0.15) is 0 Å². The third-order valence-corrected chi connectivity index (χ3v) is 3.75. The quantitative estimate of drug-likeness (QED) is 0.881. The van der Waals surface area contributed by atoms with Gasteiger partial charge in [0.1, 0.15) is 11.5 Å². The van der Waals surface area contributed by atoms with Crippen LogP contribution in [0.25, 0.3) is 0 Å². The number of nitrogens with zero attached hydrogens (tertiary/aromatic N) is 1. The highest BCUT2D eigenvalue weighted by Gasteiger charge is 2.19. The number of carbonyl (C=O) groups is 1. The third-order valence-electron chi connectivity index (χ3n) is 3.75. The third kappa shape index (κ3) is 3.32. The number of nitrogens with one attached hydrogen (secondary N) is 1. The van der Waals surface area contributed by atoms with Gasteiger partial charge >= 0.3 is 0 Å². The van der Waals surface area contributed by atoms with Crippen LogP contribution in [-0.2, 0) is 11.2 Å². The van der Waals surface area contributed by atoms with Crippen LogP contribution in [0.5, 0.6) is 5.75 Å². The number of ether oxygens (including phenoxy) is 1. The summed E-state index contributed by atoms with van der Waals surface area (Å²) in [6, 6.07) is 0.361. The number of rotatable bonds is 5. The maximum atomic E-state index is 12.1. The molecule has 1 atom stereocenters. The molecule has 1 fully saturated rings. The zero-order chi connectivity index (χ0) is 13.8. The van der Waals surface area contributed by atoms with Gasteiger partial charge in [-0.3, -0.25) is 9.78 Å². The molecule has 104 valence electrons. The summed E-state index contributed by atoms with van der Waals surface area (Å²) < 4.78 is 5.37. The molecule has 0 amide bonds. The maximum Gasteiger partial charge on any atom is 0.140 e. The van der Waals surface area contributed by atoms with E-state index >= 15 is 0 Å². The molecule has 0 radical (unpaired) electrons. The molecule has 0 spiro atoms. The van der Waals surface area contributed by atoms with Gasteiger partial charge < -0.3 is 10.1 Å². The zero-order valence-electron chi connectivity index (χ0n) is 12.0. The monoisotopic (exact) mass is 262 g/mol. The molecule has 1 aromatic rings. The van der Waals surface area contributed by atoms with Crippen molar-refractivity contribution in [1.29, 1.82) is 0 Å². The SMILES string of the molecule is COc1c(C)cnc(CC(=O)CC2CCCN2)c1C. The Balaban J connectivity index is 2.04. The summed E-state index contributed by atoms with van der Waals surface area (Å²) in [6.45, 7) is 4.97. The molecule has 2 rings (SSSR count). The van der Waals surface area contributed by atoms with E-state index < -0.39 is 0 Å². The lowest BCUT2D eigenvalue weighted by Crippen LogP contribution is -2.25. The molecule has 4 nitrogen and oxygen atoms in total. The highest BCUT2D eigenvalue weighted by Crippen LogP contribution is 2.24. The van der Waals surface area contributed by atoms with E-state index in [1.165, 1.54) is 6.42 Å². The van der Waals surface area contributed by atoms with Crippen molar-refractivity contribution in [2.45, 2.75) is 45.6 Å². The first-order valence-electron chi connectivity index (χ1n) is 6.86. The Morgan fingerprint density at radius 2 is 2.32 bits per heavy atom. The Bertz CT molecular complexity index is 465. The van der Waals surface area contributed by atoms with Crippen molar-refractivity contribution in [3.63, 3.8) is 0 Å². The zero-order valence-corrected chi connectivity index (χ0v) is 12.0. The second-order valence-electron chi connectivity index (χ2n) is 5.26. The molecule has 1 aromatic heterocycles. The number of hydrogen-bond donors (Lipinski definition) is 1. The number of hydrogen-bond acceptors (Lipinski definition) is 4. The number of pyridine rings is 1. The van der Waals surface area contributed by atoms with Crippen LogP contribution in [0.3, 0.4) is 0 Å². The fraction of sp³-hybridized carbons (Fsp3) is 0.600. The fourth-order valence-corrected chi connectivity index (χ4v) is 2.71. The highest BCUT2D eigenvalue weighted by atomic mass is 16.5. The van der Waals surface area contributed by atoms with Crippen LogP contribution in [0.4, 0.5) is 0 Å². The Morgan fingerprint density at radius 3 is 2.95 bits per heavy atom. The fourth-order valence-electron chi connectivity index (χ4n) is 2.71. The Morgan fingerprint density at radius 1 is 1.53 bits per heavy atom. The van der Waals surface area contributed by atoms with Gasteiger partial charge in [0.05, 0.1) is 12.8 Å². The maximum absolute atomic E-state index is 12.1. The van der Waals surface area contributed by atoms with Gasteiger partial charge in [-0.1, -0.05) is 0 Å². The first-order valence-corrected chi connectivity index (χ1v) is 6.86. The van der Waals surface area contributed by atoms with E-state index in [0.717, 1.165) is 35.5 Å². The van der Waals surface area contributed by atoms with Crippen molar-refractivity contribution < 1.29 is 9.53 Å². The Hall–Kier alpha value is -1.42. The molecule has 0 saturated carbocycles. The summed E-state index contributed by atoms with van der Waals surface area (Å²) in [5.74, 6) is 1.10. The molecule has 1 unspecified atom stereocenters. The molecule has 0 aromatic carbocycles. The Kier molecular flexibility index (Phi) is 4.53. The van der Waals surface area contributed by atoms with Crippen molar-refractivity contribution >= 4 is 5.78 Å². The second kappa shape index (κ2) is 6.15. The van der Waals surface area contributed by atoms with E-state index in [1.807, 2.05) is 13.8 Å². The first kappa shape index (κ1) is 14.0. The van der Waals surface area contributed by atoms with Crippen LogP contribution in [0, 0.1) is 13.8 Å². The minimum absolute atomic E-state index is 0.251. The molecule has 0 aliphatic carbocycles.